The van der Waals surface area contributed by atoms with Crippen LogP contribution in [0.2, 0.25) is 0 Å². The molecular formula is C25H38N2O3. The van der Waals surface area contributed by atoms with Gasteiger partial charge in [-0.25, -0.2) is 0 Å². The molecule has 0 heterocycles. The summed E-state index contributed by atoms with van der Waals surface area (Å²) in [6.07, 6.45) is 13.7. The molecule has 0 aliphatic heterocycles. The van der Waals surface area contributed by atoms with Gasteiger partial charge in [-0.3, -0.25) is 15.1 Å². The number of aldehydes is 1. The number of nitrogens with one attached hydrogen (secondary N) is 1. The van der Waals surface area contributed by atoms with Crippen LogP contribution in [0.4, 0.5) is 0 Å². The van der Waals surface area contributed by atoms with Crippen LogP contribution < -0.4 is 11.2 Å². The molecule has 166 valence electrons. The summed E-state index contributed by atoms with van der Waals surface area (Å²) in [6, 6.07) is 0.132. The standard InChI is InChI=1S/C25H38N2O3/c1-24-10-8-17(27-30-21-5-3-4-20(21)26)13-16(24)12-15(14-28)23-18-6-7-22(29)25(18,2)11-9-19(23)24/h13-16,18-21,23,27H,3-12,26H2,1-2H3/t15?,16?,18-,19-,20?,21?,23-,24-,25-/m0/s1. The van der Waals surface area contributed by atoms with E-state index in [1.54, 1.807) is 0 Å². The van der Waals surface area contributed by atoms with Crippen LogP contribution in [0.1, 0.15) is 78.1 Å². The van der Waals surface area contributed by atoms with Gasteiger partial charge in [0.25, 0.3) is 0 Å². The van der Waals surface area contributed by atoms with Crippen molar-refractivity contribution in [2.75, 3.05) is 0 Å². The summed E-state index contributed by atoms with van der Waals surface area (Å²) in [5, 5.41) is 0. The second kappa shape index (κ2) is 7.44. The van der Waals surface area contributed by atoms with E-state index in [1.165, 1.54) is 6.29 Å². The Morgan fingerprint density at radius 2 is 1.97 bits per heavy atom. The molecule has 0 saturated heterocycles. The number of allylic oxidation sites excluding steroid dienone is 2. The van der Waals surface area contributed by atoms with Gasteiger partial charge in [-0.1, -0.05) is 19.9 Å². The lowest BCUT2D eigenvalue weighted by Gasteiger charge is -2.60. The van der Waals surface area contributed by atoms with Crippen molar-refractivity contribution in [3.05, 3.63) is 11.8 Å². The third-order valence-electron chi connectivity index (χ3n) is 10.1. The first-order chi connectivity index (χ1) is 14.4. The van der Waals surface area contributed by atoms with Gasteiger partial charge < -0.3 is 10.5 Å². The Bertz CT molecular complexity index is 751. The minimum atomic E-state index is -0.184. The number of Topliss-reactive ketones (excluding diaryl/α,β-unsaturated/α-hetero) is 1. The predicted molar refractivity (Wildman–Crippen MR) is 115 cm³/mol. The van der Waals surface area contributed by atoms with E-state index in [1.807, 2.05) is 0 Å². The van der Waals surface area contributed by atoms with Crippen LogP contribution in [0.25, 0.3) is 0 Å². The fourth-order valence-corrected chi connectivity index (χ4v) is 8.17. The maximum Gasteiger partial charge on any atom is 0.139 e. The number of nitrogens with two attached hydrogens (primary N) is 1. The maximum absolute atomic E-state index is 12.7. The summed E-state index contributed by atoms with van der Waals surface area (Å²) in [6.45, 7) is 4.64. The molecule has 30 heavy (non-hydrogen) atoms. The zero-order valence-electron chi connectivity index (χ0n) is 18.6. The Morgan fingerprint density at radius 3 is 2.70 bits per heavy atom. The molecule has 0 aromatic rings. The highest BCUT2D eigenvalue weighted by atomic mass is 16.7. The van der Waals surface area contributed by atoms with Gasteiger partial charge in [0.2, 0.25) is 0 Å². The van der Waals surface area contributed by atoms with E-state index in [-0.39, 0.29) is 28.9 Å². The smallest absolute Gasteiger partial charge is 0.139 e. The van der Waals surface area contributed by atoms with Gasteiger partial charge >= 0.3 is 0 Å². The number of ketones is 1. The van der Waals surface area contributed by atoms with Crippen molar-refractivity contribution in [1.82, 2.24) is 5.48 Å². The summed E-state index contributed by atoms with van der Waals surface area (Å²) in [7, 11) is 0. The molecule has 4 saturated carbocycles. The van der Waals surface area contributed by atoms with Crippen LogP contribution in [-0.2, 0) is 14.4 Å². The van der Waals surface area contributed by atoms with Crippen molar-refractivity contribution >= 4 is 12.1 Å². The Balaban J connectivity index is 1.36. The number of carbonyl (C=O) groups excluding carboxylic acids is 2. The molecule has 4 fully saturated rings. The number of hydrogen-bond acceptors (Lipinski definition) is 5. The molecule has 5 nitrogen and oxygen atoms in total. The second-order valence-electron chi connectivity index (χ2n) is 11.4. The minimum absolute atomic E-state index is 0.0726. The average molecular weight is 415 g/mol. The monoisotopic (exact) mass is 414 g/mol. The molecule has 0 bridgehead atoms. The highest BCUT2D eigenvalue weighted by Gasteiger charge is 2.62. The van der Waals surface area contributed by atoms with Crippen molar-refractivity contribution in [2.45, 2.75) is 90.2 Å². The molecule has 0 spiro atoms. The van der Waals surface area contributed by atoms with E-state index < -0.39 is 0 Å². The molecule has 3 N–H and O–H groups in total. The van der Waals surface area contributed by atoms with Gasteiger partial charge in [0.05, 0.1) is 0 Å². The Kier molecular flexibility index (Phi) is 5.13. The van der Waals surface area contributed by atoms with Gasteiger partial charge in [-0.05, 0) is 86.9 Å². The number of fused-ring (bicyclic) bond motifs is 5. The molecular weight excluding hydrogens is 376 g/mol. The lowest BCUT2D eigenvalue weighted by Crippen LogP contribution is -2.56. The lowest BCUT2D eigenvalue weighted by molar-refractivity contribution is -0.146. The van der Waals surface area contributed by atoms with Gasteiger partial charge in [0.15, 0.2) is 0 Å². The highest BCUT2D eigenvalue weighted by Crippen LogP contribution is 2.66. The topological polar surface area (TPSA) is 81.4 Å². The number of rotatable bonds is 4. The van der Waals surface area contributed by atoms with E-state index >= 15 is 0 Å². The highest BCUT2D eigenvalue weighted by molar-refractivity contribution is 5.87. The largest absolute Gasteiger partial charge is 0.325 e. The van der Waals surface area contributed by atoms with E-state index in [2.05, 4.69) is 25.4 Å². The Labute approximate surface area is 180 Å². The molecule has 0 radical (unpaired) electrons. The van der Waals surface area contributed by atoms with Gasteiger partial charge in [-0.15, -0.1) is 0 Å². The minimum Gasteiger partial charge on any atom is -0.325 e. The summed E-state index contributed by atoms with van der Waals surface area (Å²) in [4.78, 5) is 30.9. The third-order valence-corrected chi connectivity index (χ3v) is 10.1. The molecule has 0 aromatic carbocycles. The first-order valence-electron chi connectivity index (χ1n) is 12.2. The predicted octanol–water partition coefficient (Wildman–Crippen LogP) is 3.92. The molecule has 5 heteroatoms. The average Bonchev–Trinajstić information content (AvgIpc) is 3.28. The summed E-state index contributed by atoms with van der Waals surface area (Å²) in [5.41, 5.74) is 10.6. The second-order valence-corrected chi connectivity index (χ2v) is 11.4. The van der Waals surface area contributed by atoms with Crippen molar-refractivity contribution in [3.63, 3.8) is 0 Å². The number of hydrogen-bond donors (Lipinski definition) is 2. The summed E-state index contributed by atoms with van der Waals surface area (Å²) < 4.78 is 0. The van der Waals surface area contributed by atoms with Crippen LogP contribution in [-0.4, -0.2) is 24.2 Å². The fourth-order valence-electron chi connectivity index (χ4n) is 8.17. The molecule has 9 atom stereocenters. The molecule has 5 aliphatic carbocycles. The maximum atomic E-state index is 12.7. The van der Waals surface area contributed by atoms with Crippen molar-refractivity contribution in [1.29, 1.82) is 0 Å². The normalized spacial score (nSPS) is 50.3. The van der Waals surface area contributed by atoms with Crippen molar-refractivity contribution in [3.8, 4) is 0 Å². The lowest BCUT2D eigenvalue weighted by atomic mass is 9.44. The van der Waals surface area contributed by atoms with Crippen LogP contribution in [0.3, 0.4) is 0 Å². The number of carbonyl (C=O) groups is 2. The van der Waals surface area contributed by atoms with Crippen LogP contribution in [0, 0.1) is 40.4 Å². The van der Waals surface area contributed by atoms with E-state index in [0.29, 0.717) is 35.9 Å². The molecule has 5 rings (SSSR count). The molecule has 5 aliphatic rings. The summed E-state index contributed by atoms with van der Waals surface area (Å²) in [5.74, 6) is 2.23. The van der Waals surface area contributed by atoms with Crippen LogP contribution >= 0.6 is 0 Å². The SMILES string of the molecule is C[C@]12CCC(NOC3CCCC3N)=CC1CC(C=O)[C@@H]1[C@@H]2CC[C@]2(C)C(=O)CC[C@@H]12. The van der Waals surface area contributed by atoms with E-state index in [0.717, 1.165) is 63.5 Å². The van der Waals surface area contributed by atoms with Crippen LogP contribution in [0.5, 0.6) is 0 Å². The Morgan fingerprint density at radius 1 is 1.13 bits per heavy atom. The zero-order chi connectivity index (χ0) is 21.1. The van der Waals surface area contributed by atoms with Crippen molar-refractivity contribution in [2.24, 2.45) is 46.2 Å². The number of hydroxylamine groups is 1. The van der Waals surface area contributed by atoms with Crippen molar-refractivity contribution < 1.29 is 14.4 Å². The van der Waals surface area contributed by atoms with E-state index in [4.69, 9.17) is 10.6 Å². The first-order valence-corrected chi connectivity index (χ1v) is 12.2. The zero-order valence-corrected chi connectivity index (χ0v) is 18.6. The van der Waals surface area contributed by atoms with E-state index in [9.17, 15) is 9.59 Å². The Hall–Kier alpha value is -1.20. The van der Waals surface area contributed by atoms with Gasteiger partial charge in [0.1, 0.15) is 18.2 Å². The molecule has 4 unspecified atom stereocenters. The van der Waals surface area contributed by atoms with Crippen LogP contribution in [0.15, 0.2) is 11.8 Å². The van der Waals surface area contributed by atoms with Gasteiger partial charge in [0, 0.05) is 29.5 Å². The fraction of sp³-hybridized carbons (Fsp3) is 0.840. The summed E-state index contributed by atoms with van der Waals surface area (Å²) >= 11 is 0. The molecule has 0 aromatic heterocycles. The third kappa shape index (κ3) is 3.02. The quantitative estimate of drug-likeness (QED) is 0.538. The first kappa shape index (κ1) is 20.7. The molecule has 0 amide bonds. The van der Waals surface area contributed by atoms with Gasteiger partial charge in [-0.2, -0.15) is 0 Å².